The van der Waals surface area contributed by atoms with Crippen molar-refractivity contribution in [1.29, 1.82) is 0 Å². The Hall–Kier alpha value is -3.79. The van der Waals surface area contributed by atoms with Gasteiger partial charge in [0.2, 0.25) is 0 Å². The summed E-state index contributed by atoms with van der Waals surface area (Å²) < 4.78 is 2.29. The van der Waals surface area contributed by atoms with Crippen LogP contribution in [-0.4, -0.2) is 4.98 Å². The number of hydrogen-bond donors (Lipinski definition) is 0. The van der Waals surface area contributed by atoms with E-state index in [4.69, 9.17) is 4.98 Å². The van der Waals surface area contributed by atoms with E-state index in [0.717, 1.165) is 20.6 Å². The number of para-hydroxylation sites is 1. The minimum absolute atomic E-state index is 1.05. The second kappa shape index (κ2) is 8.70. The summed E-state index contributed by atoms with van der Waals surface area (Å²) in [5.74, 6) is 0. The van der Waals surface area contributed by atoms with Gasteiger partial charge >= 0.3 is 0 Å². The molecule has 36 heavy (non-hydrogen) atoms. The van der Waals surface area contributed by atoms with E-state index in [-0.39, 0.29) is 0 Å². The normalized spacial score (nSPS) is 11.5. The summed E-state index contributed by atoms with van der Waals surface area (Å²) in [7, 11) is 0. The lowest BCUT2D eigenvalue weighted by molar-refractivity contribution is 1.48. The van der Waals surface area contributed by atoms with Crippen LogP contribution in [0.5, 0.6) is 0 Å². The average molecular weight is 541 g/mol. The third-order valence-electron chi connectivity index (χ3n) is 6.70. The van der Waals surface area contributed by atoms with E-state index in [1.54, 1.807) is 11.3 Å². The van der Waals surface area contributed by atoms with Crippen molar-refractivity contribution in [1.82, 2.24) is 4.98 Å². The molecule has 1 heterocycles. The minimum atomic E-state index is 1.05. The zero-order valence-corrected chi connectivity index (χ0v) is 21.6. The molecule has 0 aliphatic rings. The highest BCUT2D eigenvalue weighted by Gasteiger charge is 2.17. The Morgan fingerprint density at radius 3 is 2.06 bits per heavy atom. The van der Waals surface area contributed by atoms with E-state index < -0.39 is 0 Å². The molecule has 0 atom stereocenters. The third-order valence-corrected chi connectivity index (χ3v) is 8.27. The Morgan fingerprint density at radius 1 is 0.611 bits per heavy atom. The number of aromatic nitrogens is 1. The molecule has 0 saturated carbocycles. The van der Waals surface area contributed by atoms with Gasteiger partial charge in [-0.1, -0.05) is 101 Å². The highest BCUT2D eigenvalue weighted by Crippen LogP contribution is 2.44. The molecule has 0 amide bonds. The molecule has 1 aromatic heterocycles. The average Bonchev–Trinajstić information content (AvgIpc) is 3.37. The third kappa shape index (κ3) is 3.55. The standard InChI is InChI=1S/C33H19BrNS/c34-24-18-19-27-28(20-24)32(26-11-5-4-10-25(26)31(27)21-8-2-1-3-9-21)22-14-16-23(17-15-22)33-35-29-12-6-7-13-30(29)36-33/h1-2,4-20H. The maximum Gasteiger partial charge on any atom is 0.124 e. The van der Waals surface area contributed by atoms with Gasteiger partial charge in [0.25, 0.3) is 0 Å². The minimum Gasteiger partial charge on any atom is -0.236 e. The van der Waals surface area contributed by atoms with Gasteiger partial charge in [-0.25, -0.2) is 4.98 Å². The first-order valence-electron chi connectivity index (χ1n) is 11.8. The Morgan fingerprint density at radius 2 is 1.31 bits per heavy atom. The first-order valence-corrected chi connectivity index (χ1v) is 13.4. The molecule has 1 radical (unpaired) electrons. The second-order valence-electron chi connectivity index (χ2n) is 8.84. The molecule has 0 unspecified atom stereocenters. The van der Waals surface area contributed by atoms with Gasteiger partial charge in [-0.2, -0.15) is 0 Å². The van der Waals surface area contributed by atoms with Crippen molar-refractivity contribution in [2.45, 2.75) is 0 Å². The van der Waals surface area contributed by atoms with Crippen molar-refractivity contribution in [3.63, 3.8) is 0 Å². The van der Waals surface area contributed by atoms with Gasteiger partial charge in [-0.3, -0.25) is 0 Å². The monoisotopic (exact) mass is 540 g/mol. The smallest absolute Gasteiger partial charge is 0.124 e. The molecule has 0 N–H and O–H groups in total. The molecule has 7 rings (SSSR count). The highest BCUT2D eigenvalue weighted by molar-refractivity contribution is 9.10. The van der Waals surface area contributed by atoms with Crippen molar-refractivity contribution in [2.24, 2.45) is 0 Å². The van der Waals surface area contributed by atoms with E-state index in [1.165, 1.54) is 48.5 Å². The summed E-state index contributed by atoms with van der Waals surface area (Å²) in [4.78, 5) is 4.85. The van der Waals surface area contributed by atoms with Crippen LogP contribution < -0.4 is 0 Å². The quantitative estimate of drug-likeness (QED) is 0.203. The predicted octanol–water partition coefficient (Wildman–Crippen LogP) is 10.2. The maximum absolute atomic E-state index is 4.85. The summed E-state index contributed by atoms with van der Waals surface area (Å²) >= 11 is 5.47. The van der Waals surface area contributed by atoms with E-state index >= 15 is 0 Å². The van der Waals surface area contributed by atoms with Crippen LogP contribution in [0.25, 0.3) is 64.6 Å². The van der Waals surface area contributed by atoms with Crippen LogP contribution >= 0.6 is 27.3 Å². The van der Waals surface area contributed by atoms with Gasteiger partial charge < -0.3 is 0 Å². The zero-order chi connectivity index (χ0) is 24.1. The molecule has 6 aromatic carbocycles. The van der Waals surface area contributed by atoms with Gasteiger partial charge in [0.05, 0.1) is 10.2 Å². The Balaban J connectivity index is 1.48. The SMILES string of the molecule is Brc1ccc2c(-c3c[c]ccc3)c3ccccc3c(-c3ccc(-c4nc5ccccc5s4)cc3)c2c1. The maximum atomic E-state index is 4.85. The van der Waals surface area contributed by atoms with E-state index in [2.05, 4.69) is 125 Å². The number of rotatable bonds is 3. The molecule has 1 nitrogen and oxygen atoms in total. The van der Waals surface area contributed by atoms with Crippen LogP contribution in [0.1, 0.15) is 0 Å². The first kappa shape index (κ1) is 21.5. The Labute approximate surface area is 221 Å². The predicted molar refractivity (Wildman–Crippen MR) is 157 cm³/mol. The van der Waals surface area contributed by atoms with Gasteiger partial charge in [-0.05, 0) is 80.2 Å². The zero-order valence-electron chi connectivity index (χ0n) is 19.2. The molecule has 169 valence electrons. The van der Waals surface area contributed by atoms with E-state index in [0.29, 0.717) is 0 Å². The van der Waals surface area contributed by atoms with Crippen LogP contribution in [0.2, 0.25) is 0 Å². The van der Waals surface area contributed by atoms with Crippen LogP contribution in [-0.2, 0) is 0 Å². The number of benzene rings is 6. The van der Waals surface area contributed by atoms with Crippen molar-refractivity contribution in [2.75, 3.05) is 0 Å². The van der Waals surface area contributed by atoms with Crippen LogP contribution in [0.4, 0.5) is 0 Å². The molecule has 0 bridgehead atoms. The van der Waals surface area contributed by atoms with Crippen molar-refractivity contribution in [3.05, 3.63) is 126 Å². The van der Waals surface area contributed by atoms with Crippen molar-refractivity contribution >= 4 is 59.0 Å². The number of thiazole rings is 1. The molecule has 0 aliphatic carbocycles. The number of halogens is 1. The largest absolute Gasteiger partial charge is 0.236 e. The number of nitrogens with zero attached hydrogens (tertiary/aromatic N) is 1. The lowest BCUT2D eigenvalue weighted by atomic mass is 9.86. The topological polar surface area (TPSA) is 12.9 Å². The van der Waals surface area contributed by atoms with E-state index in [9.17, 15) is 0 Å². The summed E-state index contributed by atoms with van der Waals surface area (Å²) in [6.07, 6.45) is 0. The first-order chi connectivity index (χ1) is 17.8. The second-order valence-corrected chi connectivity index (χ2v) is 10.8. The molecule has 0 aliphatic heterocycles. The van der Waals surface area contributed by atoms with Gasteiger partial charge in [0.1, 0.15) is 5.01 Å². The van der Waals surface area contributed by atoms with Crippen LogP contribution in [0, 0.1) is 6.07 Å². The van der Waals surface area contributed by atoms with Crippen molar-refractivity contribution < 1.29 is 0 Å². The molecular formula is C33H19BrNS. The van der Waals surface area contributed by atoms with Crippen LogP contribution in [0.3, 0.4) is 0 Å². The molecule has 3 heteroatoms. The summed E-state index contributed by atoms with van der Waals surface area (Å²) in [5, 5.41) is 6.01. The summed E-state index contributed by atoms with van der Waals surface area (Å²) in [6.45, 7) is 0. The molecule has 0 fully saturated rings. The number of fused-ring (bicyclic) bond motifs is 3. The fourth-order valence-electron chi connectivity index (χ4n) is 5.10. The Bertz CT molecular complexity index is 1850. The Kier molecular flexibility index (Phi) is 5.19. The highest BCUT2D eigenvalue weighted by atomic mass is 79.9. The van der Waals surface area contributed by atoms with Crippen LogP contribution in [0.15, 0.2) is 120 Å². The number of hydrogen-bond acceptors (Lipinski definition) is 2. The lowest BCUT2D eigenvalue weighted by Crippen LogP contribution is -1.91. The fraction of sp³-hybridized carbons (Fsp3) is 0. The fourth-order valence-corrected chi connectivity index (χ4v) is 6.43. The summed E-state index contributed by atoms with van der Waals surface area (Å²) in [5.41, 5.74) is 7.08. The molecule has 0 saturated heterocycles. The summed E-state index contributed by atoms with van der Waals surface area (Å²) in [6, 6.07) is 44.1. The molecular weight excluding hydrogens is 522 g/mol. The molecule has 0 spiro atoms. The van der Waals surface area contributed by atoms with Gasteiger partial charge in [-0.15, -0.1) is 11.3 Å². The van der Waals surface area contributed by atoms with Gasteiger partial charge in [0, 0.05) is 10.0 Å². The van der Waals surface area contributed by atoms with Gasteiger partial charge in [0.15, 0.2) is 0 Å². The van der Waals surface area contributed by atoms with Crippen molar-refractivity contribution in [3.8, 4) is 32.8 Å². The van der Waals surface area contributed by atoms with E-state index in [1.807, 2.05) is 12.1 Å². The molecule has 7 aromatic rings. The lowest BCUT2D eigenvalue weighted by Gasteiger charge is -2.18.